The third-order valence-corrected chi connectivity index (χ3v) is 3.21. The highest BCUT2D eigenvalue weighted by Crippen LogP contribution is 2.25. The number of rotatable bonds is 5. The molecule has 104 valence electrons. The number of anilines is 2. The Kier molecular flexibility index (Phi) is 4.74. The van der Waals surface area contributed by atoms with Gasteiger partial charge >= 0.3 is 0 Å². The second-order valence-electron chi connectivity index (χ2n) is 4.69. The standard InChI is InChI=1S/C14H20FN3O/c1-2-16-10-14(19)17-11-5-6-13(12(15)9-11)18-7-3-4-8-18/h5-6,9,16H,2-4,7-8,10H2,1H3,(H,17,19). The number of carbonyl (C=O) groups excluding carboxylic acids is 1. The van der Waals surface area contributed by atoms with Crippen LogP contribution in [0, 0.1) is 5.82 Å². The van der Waals surface area contributed by atoms with Crippen molar-refractivity contribution in [2.24, 2.45) is 0 Å². The van der Waals surface area contributed by atoms with E-state index in [4.69, 9.17) is 0 Å². The Morgan fingerprint density at radius 3 is 2.74 bits per heavy atom. The van der Waals surface area contributed by atoms with Gasteiger partial charge in [0, 0.05) is 18.8 Å². The van der Waals surface area contributed by atoms with Gasteiger partial charge in [0.15, 0.2) is 0 Å². The fraction of sp³-hybridized carbons (Fsp3) is 0.500. The zero-order valence-electron chi connectivity index (χ0n) is 11.2. The van der Waals surface area contributed by atoms with E-state index in [9.17, 15) is 9.18 Å². The van der Waals surface area contributed by atoms with Crippen LogP contribution in [0.5, 0.6) is 0 Å². The van der Waals surface area contributed by atoms with Crippen molar-refractivity contribution in [2.75, 3.05) is 36.4 Å². The number of carbonyl (C=O) groups is 1. The molecule has 0 bridgehead atoms. The van der Waals surface area contributed by atoms with Crippen molar-refractivity contribution in [1.82, 2.24) is 5.32 Å². The predicted molar refractivity (Wildman–Crippen MR) is 75.0 cm³/mol. The van der Waals surface area contributed by atoms with Crippen LogP contribution in [0.15, 0.2) is 18.2 Å². The van der Waals surface area contributed by atoms with Gasteiger partial charge in [-0.3, -0.25) is 4.79 Å². The molecule has 5 heteroatoms. The Hall–Kier alpha value is -1.62. The summed E-state index contributed by atoms with van der Waals surface area (Å²) in [6.07, 6.45) is 2.22. The van der Waals surface area contributed by atoms with Crippen LogP contribution in [-0.2, 0) is 4.79 Å². The number of nitrogens with one attached hydrogen (secondary N) is 2. The van der Waals surface area contributed by atoms with Gasteiger partial charge in [-0.1, -0.05) is 6.92 Å². The Morgan fingerprint density at radius 2 is 2.11 bits per heavy atom. The van der Waals surface area contributed by atoms with Gasteiger partial charge in [0.05, 0.1) is 12.2 Å². The highest BCUT2D eigenvalue weighted by Gasteiger charge is 2.16. The number of likely N-dealkylation sites (N-methyl/N-ethyl adjacent to an activating group) is 1. The average molecular weight is 265 g/mol. The molecule has 1 aromatic carbocycles. The van der Waals surface area contributed by atoms with Crippen LogP contribution < -0.4 is 15.5 Å². The molecule has 2 N–H and O–H groups in total. The SMILES string of the molecule is CCNCC(=O)Nc1ccc(N2CCCC2)c(F)c1. The average Bonchev–Trinajstić information content (AvgIpc) is 2.90. The van der Waals surface area contributed by atoms with Crippen LogP contribution in [0.25, 0.3) is 0 Å². The summed E-state index contributed by atoms with van der Waals surface area (Å²) in [5.41, 5.74) is 1.13. The lowest BCUT2D eigenvalue weighted by molar-refractivity contribution is -0.115. The first kappa shape index (κ1) is 13.8. The first-order valence-electron chi connectivity index (χ1n) is 6.75. The summed E-state index contributed by atoms with van der Waals surface area (Å²) >= 11 is 0. The number of hydrogen-bond donors (Lipinski definition) is 2. The zero-order valence-corrected chi connectivity index (χ0v) is 11.2. The van der Waals surface area contributed by atoms with Crippen LogP contribution in [-0.4, -0.2) is 32.1 Å². The molecule has 19 heavy (non-hydrogen) atoms. The van der Waals surface area contributed by atoms with Crippen molar-refractivity contribution in [3.63, 3.8) is 0 Å². The second kappa shape index (κ2) is 6.52. The van der Waals surface area contributed by atoms with Crippen molar-refractivity contribution < 1.29 is 9.18 Å². The summed E-state index contributed by atoms with van der Waals surface area (Å²) in [6, 6.07) is 4.88. The normalized spacial score (nSPS) is 14.7. The van der Waals surface area contributed by atoms with Crippen molar-refractivity contribution in [2.45, 2.75) is 19.8 Å². The predicted octanol–water partition coefficient (Wildman–Crippen LogP) is 1.97. The number of amides is 1. The van der Waals surface area contributed by atoms with E-state index in [1.54, 1.807) is 12.1 Å². The Labute approximate surface area is 113 Å². The molecule has 1 saturated heterocycles. The van der Waals surface area contributed by atoms with Crippen molar-refractivity contribution in [3.05, 3.63) is 24.0 Å². The van der Waals surface area contributed by atoms with Crippen LogP contribution in [0.4, 0.5) is 15.8 Å². The van der Waals surface area contributed by atoms with Gasteiger partial charge in [-0.05, 0) is 37.6 Å². The van der Waals surface area contributed by atoms with Crippen LogP contribution in [0.3, 0.4) is 0 Å². The largest absolute Gasteiger partial charge is 0.369 e. The summed E-state index contributed by atoms with van der Waals surface area (Å²) in [6.45, 7) is 4.71. The molecular weight excluding hydrogens is 245 g/mol. The molecule has 1 aliphatic rings. The molecule has 0 aliphatic carbocycles. The summed E-state index contributed by atoms with van der Waals surface area (Å²) in [7, 11) is 0. The van der Waals surface area contributed by atoms with Gasteiger partial charge in [-0.15, -0.1) is 0 Å². The quantitative estimate of drug-likeness (QED) is 0.855. The molecule has 1 fully saturated rings. The van der Waals surface area contributed by atoms with E-state index in [1.807, 2.05) is 11.8 Å². The van der Waals surface area contributed by atoms with Crippen LogP contribution >= 0.6 is 0 Å². The molecule has 0 aromatic heterocycles. The first-order chi connectivity index (χ1) is 9.20. The summed E-state index contributed by atoms with van der Waals surface area (Å²) in [5, 5.41) is 5.60. The molecule has 4 nitrogen and oxygen atoms in total. The molecule has 1 aromatic rings. The summed E-state index contributed by atoms with van der Waals surface area (Å²) in [4.78, 5) is 13.6. The maximum atomic E-state index is 14.0. The maximum absolute atomic E-state index is 14.0. The lowest BCUT2D eigenvalue weighted by atomic mass is 10.2. The molecule has 1 aliphatic heterocycles. The van der Waals surface area contributed by atoms with E-state index >= 15 is 0 Å². The van der Waals surface area contributed by atoms with E-state index in [1.165, 1.54) is 6.07 Å². The minimum Gasteiger partial charge on any atom is -0.369 e. The van der Waals surface area contributed by atoms with E-state index in [0.717, 1.165) is 32.5 Å². The van der Waals surface area contributed by atoms with Gasteiger partial charge < -0.3 is 15.5 Å². The highest BCUT2D eigenvalue weighted by molar-refractivity contribution is 5.92. The number of hydrogen-bond acceptors (Lipinski definition) is 3. The Bertz CT molecular complexity index is 444. The molecule has 0 atom stereocenters. The van der Waals surface area contributed by atoms with Gasteiger partial charge in [-0.25, -0.2) is 4.39 Å². The number of benzene rings is 1. The molecule has 0 saturated carbocycles. The summed E-state index contributed by atoms with van der Waals surface area (Å²) in [5.74, 6) is -0.432. The molecule has 0 spiro atoms. The fourth-order valence-electron chi connectivity index (χ4n) is 2.24. The highest BCUT2D eigenvalue weighted by atomic mass is 19.1. The minimum atomic E-state index is -0.275. The first-order valence-corrected chi connectivity index (χ1v) is 6.75. The third kappa shape index (κ3) is 3.67. The van der Waals surface area contributed by atoms with Gasteiger partial charge in [-0.2, -0.15) is 0 Å². The smallest absolute Gasteiger partial charge is 0.238 e. The molecule has 0 unspecified atom stereocenters. The zero-order chi connectivity index (χ0) is 13.7. The molecule has 1 heterocycles. The van der Waals surface area contributed by atoms with Crippen LogP contribution in [0.2, 0.25) is 0 Å². The second-order valence-corrected chi connectivity index (χ2v) is 4.69. The van der Waals surface area contributed by atoms with Crippen molar-refractivity contribution in [1.29, 1.82) is 0 Å². The van der Waals surface area contributed by atoms with Crippen molar-refractivity contribution in [3.8, 4) is 0 Å². The molecule has 0 radical (unpaired) electrons. The fourth-order valence-corrected chi connectivity index (χ4v) is 2.24. The third-order valence-electron chi connectivity index (χ3n) is 3.21. The summed E-state index contributed by atoms with van der Waals surface area (Å²) < 4.78 is 14.0. The van der Waals surface area contributed by atoms with E-state index < -0.39 is 0 Å². The van der Waals surface area contributed by atoms with E-state index in [0.29, 0.717) is 11.4 Å². The topological polar surface area (TPSA) is 44.4 Å². The number of halogens is 1. The van der Waals surface area contributed by atoms with Gasteiger partial charge in [0.25, 0.3) is 0 Å². The molecular formula is C14H20FN3O. The monoisotopic (exact) mass is 265 g/mol. The molecule has 2 rings (SSSR count). The lowest BCUT2D eigenvalue weighted by Gasteiger charge is -2.18. The van der Waals surface area contributed by atoms with Crippen LogP contribution in [0.1, 0.15) is 19.8 Å². The Balaban J connectivity index is 2.00. The van der Waals surface area contributed by atoms with E-state index in [2.05, 4.69) is 10.6 Å². The minimum absolute atomic E-state index is 0.157. The Morgan fingerprint density at radius 1 is 1.37 bits per heavy atom. The van der Waals surface area contributed by atoms with Crippen molar-refractivity contribution >= 4 is 17.3 Å². The molecule has 1 amide bonds. The van der Waals surface area contributed by atoms with Gasteiger partial charge in [0.2, 0.25) is 5.91 Å². The lowest BCUT2D eigenvalue weighted by Crippen LogP contribution is -2.27. The van der Waals surface area contributed by atoms with Gasteiger partial charge in [0.1, 0.15) is 5.82 Å². The number of nitrogens with zero attached hydrogens (tertiary/aromatic N) is 1. The van der Waals surface area contributed by atoms with E-state index in [-0.39, 0.29) is 18.3 Å². The maximum Gasteiger partial charge on any atom is 0.238 e.